The lowest BCUT2D eigenvalue weighted by molar-refractivity contribution is 0.0551. The molecule has 6 heteroatoms. The van der Waals surface area contributed by atoms with Gasteiger partial charge in [-0.3, -0.25) is 4.90 Å². The van der Waals surface area contributed by atoms with E-state index in [4.69, 9.17) is 14.0 Å². The van der Waals surface area contributed by atoms with E-state index < -0.39 is 0 Å². The van der Waals surface area contributed by atoms with Gasteiger partial charge in [-0.15, -0.1) is 0 Å². The number of aromatic nitrogens is 2. The fourth-order valence-electron chi connectivity index (χ4n) is 2.34. The van der Waals surface area contributed by atoms with Crippen LogP contribution in [-0.4, -0.2) is 40.8 Å². The first kappa shape index (κ1) is 13.9. The minimum Gasteiger partial charge on any atom is -0.486 e. The van der Waals surface area contributed by atoms with Crippen molar-refractivity contribution in [2.24, 2.45) is 0 Å². The molecule has 0 bridgehead atoms. The molecule has 1 aliphatic rings. The molecule has 0 fully saturated rings. The molecule has 6 nitrogen and oxygen atoms in total. The van der Waals surface area contributed by atoms with Gasteiger partial charge in [0.05, 0.1) is 6.54 Å². The van der Waals surface area contributed by atoms with E-state index in [-0.39, 0.29) is 6.10 Å². The van der Waals surface area contributed by atoms with Crippen molar-refractivity contribution in [2.45, 2.75) is 26.5 Å². The Morgan fingerprint density at radius 1 is 1.29 bits per heavy atom. The van der Waals surface area contributed by atoms with E-state index in [1.54, 1.807) is 0 Å². The van der Waals surface area contributed by atoms with Crippen molar-refractivity contribution in [2.75, 3.05) is 19.7 Å². The van der Waals surface area contributed by atoms with Gasteiger partial charge < -0.3 is 14.0 Å². The Labute approximate surface area is 123 Å². The SMILES string of the molecule is CCN(Cc1nc(C)no1)CC1COc2ccccc2O1. The lowest BCUT2D eigenvalue weighted by Gasteiger charge is -2.30. The van der Waals surface area contributed by atoms with Gasteiger partial charge in [0.2, 0.25) is 5.89 Å². The van der Waals surface area contributed by atoms with Crippen LogP contribution >= 0.6 is 0 Å². The summed E-state index contributed by atoms with van der Waals surface area (Å²) < 4.78 is 16.9. The average Bonchev–Trinajstić information content (AvgIpc) is 2.91. The third kappa shape index (κ3) is 3.33. The highest BCUT2D eigenvalue weighted by Gasteiger charge is 2.23. The molecule has 1 aliphatic heterocycles. The minimum atomic E-state index is 0.00358. The first-order chi connectivity index (χ1) is 10.2. The van der Waals surface area contributed by atoms with Crippen molar-refractivity contribution >= 4 is 0 Å². The van der Waals surface area contributed by atoms with Crippen LogP contribution in [0.2, 0.25) is 0 Å². The van der Waals surface area contributed by atoms with Crippen molar-refractivity contribution in [3.63, 3.8) is 0 Å². The summed E-state index contributed by atoms with van der Waals surface area (Å²) in [7, 11) is 0. The summed E-state index contributed by atoms with van der Waals surface area (Å²) >= 11 is 0. The number of hydrogen-bond acceptors (Lipinski definition) is 6. The largest absolute Gasteiger partial charge is 0.486 e. The van der Waals surface area contributed by atoms with Crippen LogP contribution in [0.4, 0.5) is 0 Å². The van der Waals surface area contributed by atoms with E-state index >= 15 is 0 Å². The molecule has 0 aliphatic carbocycles. The number of rotatable bonds is 5. The molecule has 1 aromatic heterocycles. The molecule has 0 radical (unpaired) electrons. The lowest BCUT2D eigenvalue weighted by Crippen LogP contribution is -2.40. The van der Waals surface area contributed by atoms with Gasteiger partial charge in [0, 0.05) is 6.54 Å². The molecule has 0 N–H and O–H groups in total. The normalized spacial score (nSPS) is 17.2. The van der Waals surface area contributed by atoms with Crippen molar-refractivity contribution in [1.82, 2.24) is 15.0 Å². The van der Waals surface area contributed by atoms with Crippen molar-refractivity contribution in [3.05, 3.63) is 36.0 Å². The predicted molar refractivity (Wildman–Crippen MR) is 76.3 cm³/mol. The second-order valence-electron chi connectivity index (χ2n) is 5.06. The highest BCUT2D eigenvalue weighted by atomic mass is 16.6. The maximum absolute atomic E-state index is 5.97. The quantitative estimate of drug-likeness (QED) is 0.839. The smallest absolute Gasteiger partial charge is 0.240 e. The highest BCUT2D eigenvalue weighted by Crippen LogP contribution is 2.31. The summed E-state index contributed by atoms with van der Waals surface area (Å²) in [6.07, 6.45) is 0.00358. The first-order valence-electron chi connectivity index (χ1n) is 7.14. The van der Waals surface area contributed by atoms with Crippen LogP contribution in [0.15, 0.2) is 28.8 Å². The van der Waals surface area contributed by atoms with E-state index in [9.17, 15) is 0 Å². The van der Waals surface area contributed by atoms with Crippen LogP contribution in [0.3, 0.4) is 0 Å². The number of nitrogens with zero attached hydrogens (tertiary/aromatic N) is 3. The fourth-order valence-corrected chi connectivity index (χ4v) is 2.34. The third-order valence-corrected chi connectivity index (χ3v) is 3.41. The van der Waals surface area contributed by atoms with Crippen molar-refractivity contribution in [3.8, 4) is 11.5 Å². The summed E-state index contributed by atoms with van der Waals surface area (Å²) in [6.45, 7) is 6.73. The number of fused-ring (bicyclic) bond motifs is 1. The Kier molecular flexibility index (Phi) is 4.06. The predicted octanol–water partition coefficient (Wildman–Crippen LogP) is 2.04. The molecule has 0 saturated carbocycles. The van der Waals surface area contributed by atoms with Gasteiger partial charge in [0.15, 0.2) is 17.3 Å². The first-order valence-corrected chi connectivity index (χ1v) is 7.14. The molecule has 0 spiro atoms. The second kappa shape index (κ2) is 6.13. The zero-order chi connectivity index (χ0) is 14.7. The topological polar surface area (TPSA) is 60.6 Å². The Balaban J connectivity index is 1.60. The zero-order valence-corrected chi connectivity index (χ0v) is 12.3. The molecule has 2 heterocycles. The van der Waals surface area contributed by atoms with Gasteiger partial charge >= 0.3 is 0 Å². The number of likely N-dealkylation sites (N-methyl/N-ethyl adjacent to an activating group) is 1. The molecule has 2 aromatic rings. The molecule has 1 unspecified atom stereocenters. The Hall–Kier alpha value is -2.08. The maximum atomic E-state index is 5.97. The number of ether oxygens (including phenoxy) is 2. The van der Waals surface area contributed by atoms with Crippen molar-refractivity contribution in [1.29, 1.82) is 0 Å². The van der Waals surface area contributed by atoms with E-state index in [1.807, 2.05) is 31.2 Å². The lowest BCUT2D eigenvalue weighted by atomic mass is 10.2. The van der Waals surface area contributed by atoms with Gasteiger partial charge in [0.25, 0.3) is 0 Å². The number of aryl methyl sites for hydroxylation is 1. The van der Waals surface area contributed by atoms with Gasteiger partial charge in [-0.05, 0) is 25.6 Å². The molecule has 0 saturated heterocycles. The summed E-state index contributed by atoms with van der Waals surface area (Å²) in [5.74, 6) is 2.90. The fraction of sp³-hybridized carbons (Fsp3) is 0.467. The minimum absolute atomic E-state index is 0.00358. The van der Waals surface area contributed by atoms with E-state index in [2.05, 4.69) is 22.0 Å². The van der Waals surface area contributed by atoms with Crippen LogP contribution < -0.4 is 9.47 Å². The summed E-state index contributed by atoms with van der Waals surface area (Å²) in [5, 5.41) is 3.81. The number of benzene rings is 1. The molecule has 3 rings (SSSR count). The molecular formula is C15H19N3O3. The van der Waals surface area contributed by atoms with Gasteiger partial charge in [0.1, 0.15) is 12.7 Å². The Morgan fingerprint density at radius 2 is 2.10 bits per heavy atom. The monoisotopic (exact) mass is 289 g/mol. The van der Waals surface area contributed by atoms with E-state index in [0.29, 0.717) is 24.9 Å². The molecule has 0 amide bonds. The van der Waals surface area contributed by atoms with Crippen LogP contribution in [0.1, 0.15) is 18.6 Å². The molecule has 112 valence electrons. The summed E-state index contributed by atoms with van der Waals surface area (Å²) in [4.78, 5) is 6.44. The zero-order valence-electron chi connectivity index (χ0n) is 12.3. The highest BCUT2D eigenvalue weighted by molar-refractivity contribution is 5.40. The second-order valence-corrected chi connectivity index (χ2v) is 5.06. The standard InChI is InChI=1S/C15H19N3O3/c1-3-18(9-15-16-11(2)17-21-15)8-12-10-19-13-6-4-5-7-14(13)20-12/h4-7,12H,3,8-10H2,1-2H3. The van der Waals surface area contributed by atoms with Crippen LogP contribution in [0.25, 0.3) is 0 Å². The van der Waals surface area contributed by atoms with Gasteiger partial charge in [-0.2, -0.15) is 4.98 Å². The molecule has 21 heavy (non-hydrogen) atoms. The van der Waals surface area contributed by atoms with E-state index in [1.165, 1.54) is 0 Å². The number of hydrogen-bond donors (Lipinski definition) is 0. The van der Waals surface area contributed by atoms with Crippen molar-refractivity contribution < 1.29 is 14.0 Å². The van der Waals surface area contributed by atoms with E-state index in [0.717, 1.165) is 24.6 Å². The Morgan fingerprint density at radius 3 is 2.81 bits per heavy atom. The van der Waals surface area contributed by atoms with Crippen LogP contribution in [0, 0.1) is 6.92 Å². The molecule has 1 atom stereocenters. The third-order valence-electron chi connectivity index (χ3n) is 3.41. The summed E-state index contributed by atoms with van der Waals surface area (Å²) in [5.41, 5.74) is 0. The van der Waals surface area contributed by atoms with Gasteiger partial charge in [-0.25, -0.2) is 0 Å². The Bertz CT molecular complexity index is 599. The average molecular weight is 289 g/mol. The molecule has 1 aromatic carbocycles. The molecular weight excluding hydrogens is 270 g/mol. The van der Waals surface area contributed by atoms with Gasteiger partial charge in [-0.1, -0.05) is 24.2 Å². The van der Waals surface area contributed by atoms with Crippen LogP contribution in [0.5, 0.6) is 11.5 Å². The summed E-state index contributed by atoms with van der Waals surface area (Å²) in [6, 6.07) is 7.74. The van der Waals surface area contributed by atoms with Crippen LogP contribution in [-0.2, 0) is 6.54 Å². The maximum Gasteiger partial charge on any atom is 0.240 e. The number of para-hydroxylation sites is 2.